The molecule has 1 heterocycles. The van der Waals surface area contributed by atoms with Gasteiger partial charge >= 0.3 is 0 Å². The second-order valence-electron chi connectivity index (χ2n) is 13.6. The molecule has 0 N–H and O–H groups in total. The second-order valence-corrected chi connectivity index (χ2v) is 13.6. The lowest BCUT2D eigenvalue weighted by Crippen LogP contribution is -1.92. The Hall–Kier alpha value is -7.09. The third-order valence-corrected chi connectivity index (χ3v) is 10.0. The Kier molecular flexibility index (Phi) is 9.03. The van der Waals surface area contributed by atoms with E-state index in [2.05, 4.69) is 218 Å². The molecule has 1 nitrogen and oxygen atoms in total. The summed E-state index contributed by atoms with van der Waals surface area (Å²) < 4.78 is 0. The second kappa shape index (κ2) is 14.9. The minimum atomic E-state index is 0.951. The summed E-state index contributed by atoms with van der Waals surface area (Å²) in [7, 11) is 0. The number of nitrogens with zero attached hydrogens (tertiary/aromatic N) is 1. The van der Waals surface area contributed by atoms with Gasteiger partial charge in [0.25, 0.3) is 0 Å². The molecule has 0 saturated heterocycles. The standard InChI is InChI=1S/C53H37N/c1-6-16-38(17-7-1)45-30-46(39-18-8-2-9-19-39)33-49(32-45)50-34-47(40-20-10-3-11-21-40)31-48(35-50)42-26-28-44(29-27-42)53-37-51(41-22-12-4-13-23-41)36-52(54-53)43-24-14-5-15-25-43/h1-37H. The van der Waals surface area contributed by atoms with Crippen LogP contribution in [0.3, 0.4) is 0 Å². The summed E-state index contributed by atoms with van der Waals surface area (Å²) >= 11 is 0. The molecule has 0 saturated carbocycles. The Morgan fingerprint density at radius 2 is 0.370 bits per heavy atom. The Balaban J connectivity index is 1.16. The van der Waals surface area contributed by atoms with Crippen molar-refractivity contribution in [3.63, 3.8) is 0 Å². The molecule has 0 atom stereocenters. The van der Waals surface area contributed by atoms with Gasteiger partial charge in [-0.05, 0) is 115 Å². The number of benzene rings is 8. The van der Waals surface area contributed by atoms with Crippen molar-refractivity contribution in [2.24, 2.45) is 0 Å². The van der Waals surface area contributed by atoms with Gasteiger partial charge in [0.2, 0.25) is 0 Å². The molecule has 1 aromatic heterocycles. The molecular weight excluding hydrogens is 651 g/mol. The fourth-order valence-electron chi connectivity index (χ4n) is 7.21. The van der Waals surface area contributed by atoms with Crippen molar-refractivity contribution < 1.29 is 0 Å². The van der Waals surface area contributed by atoms with Gasteiger partial charge in [-0.3, -0.25) is 0 Å². The van der Waals surface area contributed by atoms with Crippen LogP contribution in [0.25, 0.3) is 89.3 Å². The Bertz CT molecular complexity index is 2530. The zero-order valence-corrected chi connectivity index (χ0v) is 29.8. The van der Waals surface area contributed by atoms with Gasteiger partial charge in [0, 0.05) is 11.1 Å². The smallest absolute Gasteiger partial charge is 0.0715 e. The lowest BCUT2D eigenvalue weighted by Gasteiger charge is -2.15. The first-order valence-electron chi connectivity index (χ1n) is 18.4. The maximum atomic E-state index is 5.18. The average Bonchev–Trinajstić information content (AvgIpc) is 3.27. The zero-order chi connectivity index (χ0) is 36.1. The fourth-order valence-corrected chi connectivity index (χ4v) is 7.21. The minimum absolute atomic E-state index is 0.951. The molecule has 0 aliphatic heterocycles. The van der Waals surface area contributed by atoms with Gasteiger partial charge in [0.05, 0.1) is 11.4 Å². The average molecular weight is 688 g/mol. The molecule has 254 valence electrons. The summed E-state index contributed by atoms with van der Waals surface area (Å²) in [6.07, 6.45) is 0. The normalized spacial score (nSPS) is 11.0. The van der Waals surface area contributed by atoms with Crippen LogP contribution in [0.5, 0.6) is 0 Å². The van der Waals surface area contributed by atoms with E-state index in [0.29, 0.717) is 0 Å². The van der Waals surface area contributed by atoms with E-state index in [0.717, 1.165) is 33.6 Å². The monoisotopic (exact) mass is 687 g/mol. The topological polar surface area (TPSA) is 12.9 Å². The molecule has 9 aromatic rings. The lowest BCUT2D eigenvalue weighted by molar-refractivity contribution is 1.32. The van der Waals surface area contributed by atoms with E-state index in [-0.39, 0.29) is 0 Å². The molecule has 1 heteroatoms. The quantitative estimate of drug-likeness (QED) is 0.155. The van der Waals surface area contributed by atoms with Gasteiger partial charge in [-0.1, -0.05) is 176 Å². The van der Waals surface area contributed by atoms with Crippen LogP contribution in [-0.2, 0) is 0 Å². The van der Waals surface area contributed by atoms with Crippen molar-refractivity contribution in [2.45, 2.75) is 0 Å². The van der Waals surface area contributed by atoms with Crippen LogP contribution in [0.15, 0.2) is 224 Å². The molecule has 0 aliphatic rings. The van der Waals surface area contributed by atoms with Crippen LogP contribution in [0.2, 0.25) is 0 Å². The van der Waals surface area contributed by atoms with Crippen LogP contribution < -0.4 is 0 Å². The summed E-state index contributed by atoms with van der Waals surface area (Å²) in [5, 5.41) is 0. The highest BCUT2D eigenvalue weighted by Crippen LogP contribution is 2.38. The van der Waals surface area contributed by atoms with Crippen LogP contribution in [0.1, 0.15) is 0 Å². The molecule has 8 aromatic carbocycles. The fraction of sp³-hybridized carbons (Fsp3) is 0. The van der Waals surface area contributed by atoms with Gasteiger partial charge in [-0.2, -0.15) is 0 Å². The predicted octanol–water partition coefficient (Wildman–Crippen LogP) is 14.4. The summed E-state index contributed by atoms with van der Waals surface area (Å²) in [5.74, 6) is 0. The molecule has 0 bridgehead atoms. The molecule has 0 aliphatic carbocycles. The van der Waals surface area contributed by atoms with E-state index in [4.69, 9.17) is 4.98 Å². The molecule has 54 heavy (non-hydrogen) atoms. The van der Waals surface area contributed by atoms with Gasteiger partial charge in [-0.15, -0.1) is 0 Å². The first kappa shape index (κ1) is 32.8. The van der Waals surface area contributed by atoms with Gasteiger partial charge in [0.15, 0.2) is 0 Å². The third-order valence-electron chi connectivity index (χ3n) is 10.0. The molecular formula is C53H37N. The van der Waals surface area contributed by atoms with Crippen molar-refractivity contribution in [2.75, 3.05) is 0 Å². The number of hydrogen-bond donors (Lipinski definition) is 0. The third kappa shape index (κ3) is 7.04. The minimum Gasteiger partial charge on any atom is -0.248 e. The summed E-state index contributed by atoms with van der Waals surface area (Å²) in [5.41, 5.74) is 18.3. The Labute approximate surface area is 317 Å². The maximum Gasteiger partial charge on any atom is 0.0715 e. The highest BCUT2D eigenvalue weighted by molar-refractivity contribution is 5.86. The van der Waals surface area contributed by atoms with Crippen molar-refractivity contribution in [3.8, 4) is 89.3 Å². The largest absolute Gasteiger partial charge is 0.248 e. The molecule has 0 amide bonds. The summed E-state index contributed by atoms with van der Waals surface area (Å²) in [6, 6.07) is 80.2. The Morgan fingerprint density at radius 3 is 0.685 bits per heavy atom. The number of rotatable bonds is 8. The van der Waals surface area contributed by atoms with E-state index in [9.17, 15) is 0 Å². The molecule has 0 unspecified atom stereocenters. The highest BCUT2D eigenvalue weighted by Gasteiger charge is 2.13. The van der Waals surface area contributed by atoms with Crippen molar-refractivity contribution in [1.29, 1.82) is 0 Å². The van der Waals surface area contributed by atoms with Crippen LogP contribution in [-0.4, -0.2) is 4.98 Å². The lowest BCUT2D eigenvalue weighted by atomic mass is 9.89. The SMILES string of the molecule is c1ccc(-c2cc(-c3ccccc3)cc(-c3cc(-c4ccccc4)cc(-c4ccc(-c5cc(-c6ccccc6)cc(-c6ccccc6)n5)cc4)c3)c2)cc1. The number of hydrogen-bond acceptors (Lipinski definition) is 1. The van der Waals surface area contributed by atoms with Crippen LogP contribution >= 0.6 is 0 Å². The van der Waals surface area contributed by atoms with Crippen molar-refractivity contribution in [1.82, 2.24) is 4.98 Å². The van der Waals surface area contributed by atoms with Crippen molar-refractivity contribution in [3.05, 3.63) is 224 Å². The molecule has 0 radical (unpaired) electrons. The van der Waals surface area contributed by atoms with Crippen LogP contribution in [0, 0.1) is 0 Å². The summed E-state index contributed by atoms with van der Waals surface area (Å²) in [6.45, 7) is 0. The van der Waals surface area contributed by atoms with Crippen molar-refractivity contribution >= 4 is 0 Å². The number of aromatic nitrogens is 1. The summed E-state index contributed by atoms with van der Waals surface area (Å²) in [4.78, 5) is 5.18. The van der Waals surface area contributed by atoms with E-state index in [1.54, 1.807) is 0 Å². The molecule has 0 fully saturated rings. The van der Waals surface area contributed by atoms with E-state index in [1.807, 2.05) is 6.07 Å². The van der Waals surface area contributed by atoms with E-state index in [1.165, 1.54) is 55.6 Å². The number of pyridine rings is 1. The van der Waals surface area contributed by atoms with Gasteiger partial charge in [0.1, 0.15) is 0 Å². The van der Waals surface area contributed by atoms with Gasteiger partial charge in [-0.25, -0.2) is 4.98 Å². The zero-order valence-electron chi connectivity index (χ0n) is 29.8. The van der Waals surface area contributed by atoms with E-state index < -0.39 is 0 Å². The molecule has 0 spiro atoms. The predicted molar refractivity (Wildman–Crippen MR) is 228 cm³/mol. The first-order valence-corrected chi connectivity index (χ1v) is 18.4. The maximum absolute atomic E-state index is 5.18. The van der Waals surface area contributed by atoms with Crippen LogP contribution in [0.4, 0.5) is 0 Å². The Morgan fingerprint density at radius 1 is 0.167 bits per heavy atom. The van der Waals surface area contributed by atoms with Gasteiger partial charge < -0.3 is 0 Å². The molecule has 9 rings (SSSR count). The first-order chi connectivity index (χ1) is 26.7. The highest BCUT2D eigenvalue weighted by atomic mass is 14.7. The van der Waals surface area contributed by atoms with E-state index >= 15 is 0 Å².